The van der Waals surface area contributed by atoms with E-state index < -0.39 is 15.3 Å². The fourth-order valence-electron chi connectivity index (χ4n) is 3.60. The molecule has 24 heavy (non-hydrogen) atoms. The van der Waals surface area contributed by atoms with Crippen LogP contribution >= 0.6 is 0 Å². The monoisotopic (exact) mass is 348 g/mol. The van der Waals surface area contributed by atoms with Crippen molar-refractivity contribution in [3.63, 3.8) is 0 Å². The highest BCUT2D eigenvalue weighted by atomic mass is 32.2. The standard InChI is InChI=1S/C17H20N2O4S/c1-23-12-2-3-15-13(8-12)14(9-18-15)17(5-6-17)16(20)19-11-4-7-24(21,22)10-11/h2-3,8-9,11,18H,4-7,10H2,1H3,(H,19,20). The number of carbonyl (C=O) groups excluding carboxylic acids is 1. The largest absolute Gasteiger partial charge is 0.497 e. The molecular formula is C17H20N2O4S. The van der Waals surface area contributed by atoms with Gasteiger partial charge in [0.25, 0.3) is 0 Å². The van der Waals surface area contributed by atoms with E-state index in [0.29, 0.717) is 6.42 Å². The molecular weight excluding hydrogens is 328 g/mol. The van der Waals surface area contributed by atoms with Crippen molar-refractivity contribution in [2.45, 2.75) is 30.7 Å². The van der Waals surface area contributed by atoms with Gasteiger partial charge >= 0.3 is 0 Å². The lowest BCUT2D eigenvalue weighted by molar-refractivity contribution is -0.124. The summed E-state index contributed by atoms with van der Waals surface area (Å²) in [6.07, 6.45) is 3.96. The topological polar surface area (TPSA) is 88.3 Å². The number of ether oxygens (including phenoxy) is 1. The van der Waals surface area contributed by atoms with Crippen LogP contribution in [0.3, 0.4) is 0 Å². The Labute approximate surface area is 140 Å². The Morgan fingerprint density at radius 2 is 2.17 bits per heavy atom. The molecule has 1 saturated carbocycles. The minimum atomic E-state index is -3.00. The number of aromatic amines is 1. The van der Waals surface area contributed by atoms with Crippen LogP contribution in [0, 0.1) is 0 Å². The Balaban J connectivity index is 1.62. The second kappa shape index (κ2) is 5.24. The van der Waals surface area contributed by atoms with Gasteiger partial charge in [0.1, 0.15) is 5.75 Å². The van der Waals surface area contributed by atoms with Gasteiger partial charge < -0.3 is 15.0 Å². The molecule has 1 atom stereocenters. The second-order valence-corrected chi connectivity index (χ2v) is 9.00. The van der Waals surface area contributed by atoms with Crippen molar-refractivity contribution in [1.82, 2.24) is 10.3 Å². The fraction of sp³-hybridized carbons (Fsp3) is 0.471. The number of rotatable bonds is 4. The quantitative estimate of drug-likeness (QED) is 0.877. The number of methoxy groups -OCH3 is 1. The highest BCUT2D eigenvalue weighted by molar-refractivity contribution is 7.91. The summed E-state index contributed by atoms with van der Waals surface area (Å²) in [6, 6.07) is 5.50. The number of hydrogen-bond donors (Lipinski definition) is 2. The third kappa shape index (κ3) is 2.47. The van der Waals surface area contributed by atoms with E-state index in [2.05, 4.69) is 10.3 Å². The summed E-state index contributed by atoms with van der Waals surface area (Å²) in [7, 11) is -1.38. The smallest absolute Gasteiger partial charge is 0.230 e. The van der Waals surface area contributed by atoms with Gasteiger partial charge in [-0.15, -0.1) is 0 Å². The van der Waals surface area contributed by atoms with Crippen LogP contribution in [0.25, 0.3) is 10.9 Å². The van der Waals surface area contributed by atoms with Crippen molar-refractivity contribution in [2.24, 2.45) is 0 Å². The molecule has 0 radical (unpaired) electrons. The van der Waals surface area contributed by atoms with Gasteiger partial charge in [0, 0.05) is 23.1 Å². The lowest BCUT2D eigenvalue weighted by Crippen LogP contribution is -2.42. The van der Waals surface area contributed by atoms with E-state index in [9.17, 15) is 13.2 Å². The molecule has 7 heteroatoms. The summed E-state index contributed by atoms with van der Waals surface area (Å²) < 4.78 is 28.5. The van der Waals surface area contributed by atoms with Crippen molar-refractivity contribution in [1.29, 1.82) is 0 Å². The summed E-state index contributed by atoms with van der Waals surface area (Å²) in [4.78, 5) is 16.1. The zero-order valence-corrected chi connectivity index (χ0v) is 14.3. The zero-order chi connectivity index (χ0) is 16.9. The van der Waals surface area contributed by atoms with Crippen molar-refractivity contribution in [3.05, 3.63) is 30.0 Å². The number of nitrogens with one attached hydrogen (secondary N) is 2. The van der Waals surface area contributed by atoms with Crippen LogP contribution in [-0.2, 0) is 20.0 Å². The molecule has 6 nitrogen and oxygen atoms in total. The first-order chi connectivity index (χ1) is 11.4. The molecule has 1 aromatic carbocycles. The Hall–Kier alpha value is -2.02. The summed E-state index contributed by atoms with van der Waals surface area (Å²) in [6.45, 7) is 0. The van der Waals surface area contributed by atoms with E-state index in [4.69, 9.17) is 4.74 Å². The molecule has 1 aliphatic heterocycles. The molecule has 1 aromatic heterocycles. The number of fused-ring (bicyclic) bond motifs is 1. The molecule has 2 fully saturated rings. The zero-order valence-electron chi connectivity index (χ0n) is 13.5. The van der Waals surface area contributed by atoms with Gasteiger partial charge in [-0.05, 0) is 43.0 Å². The SMILES string of the molecule is COc1ccc2[nH]cc(C3(C(=O)NC4CCS(=O)(=O)C4)CC3)c2c1. The van der Waals surface area contributed by atoms with Crippen LogP contribution in [-0.4, -0.2) is 44.0 Å². The van der Waals surface area contributed by atoms with Gasteiger partial charge in [0.2, 0.25) is 5.91 Å². The lowest BCUT2D eigenvalue weighted by atomic mass is 9.94. The average molecular weight is 348 g/mol. The molecule has 0 spiro atoms. The van der Waals surface area contributed by atoms with Gasteiger partial charge in [0.15, 0.2) is 9.84 Å². The maximum atomic E-state index is 12.8. The summed E-state index contributed by atoms with van der Waals surface area (Å²) in [5, 5.41) is 3.94. The van der Waals surface area contributed by atoms with Gasteiger partial charge in [0.05, 0.1) is 24.0 Å². The molecule has 1 amide bonds. The molecule has 1 unspecified atom stereocenters. The third-order valence-electron chi connectivity index (χ3n) is 5.16. The molecule has 2 heterocycles. The first kappa shape index (κ1) is 15.5. The predicted octanol–water partition coefficient (Wildman–Crippen LogP) is 1.51. The van der Waals surface area contributed by atoms with Crippen LogP contribution in [0.2, 0.25) is 0 Å². The Kier molecular flexibility index (Phi) is 3.38. The van der Waals surface area contributed by atoms with Crippen molar-refractivity contribution < 1.29 is 17.9 Å². The summed E-state index contributed by atoms with van der Waals surface area (Å²) in [5.41, 5.74) is 1.39. The van der Waals surface area contributed by atoms with Crippen LogP contribution in [0.5, 0.6) is 5.75 Å². The van der Waals surface area contributed by atoms with Crippen LogP contribution < -0.4 is 10.1 Å². The number of aromatic nitrogens is 1. The Bertz CT molecular complexity index is 912. The van der Waals surface area contributed by atoms with Crippen LogP contribution in [0.1, 0.15) is 24.8 Å². The Morgan fingerprint density at radius 3 is 2.79 bits per heavy atom. The minimum absolute atomic E-state index is 0.0521. The van der Waals surface area contributed by atoms with Crippen molar-refractivity contribution >= 4 is 26.6 Å². The molecule has 128 valence electrons. The van der Waals surface area contributed by atoms with Crippen molar-refractivity contribution in [3.8, 4) is 5.75 Å². The van der Waals surface area contributed by atoms with Crippen molar-refractivity contribution in [2.75, 3.05) is 18.6 Å². The predicted molar refractivity (Wildman–Crippen MR) is 91.0 cm³/mol. The Morgan fingerprint density at radius 1 is 1.38 bits per heavy atom. The lowest BCUT2D eigenvalue weighted by Gasteiger charge is -2.18. The highest BCUT2D eigenvalue weighted by Gasteiger charge is 2.53. The fourth-order valence-corrected chi connectivity index (χ4v) is 5.27. The average Bonchev–Trinajstić information content (AvgIpc) is 3.14. The van der Waals surface area contributed by atoms with Crippen LogP contribution in [0.4, 0.5) is 0 Å². The van der Waals surface area contributed by atoms with E-state index in [1.807, 2.05) is 24.4 Å². The number of hydrogen-bond acceptors (Lipinski definition) is 4. The number of sulfone groups is 1. The van der Waals surface area contributed by atoms with E-state index in [-0.39, 0.29) is 23.5 Å². The molecule has 2 aliphatic rings. The van der Waals surface area contributed by atoms with Gasteiger partial charge in [-0.1, -0.05) is 0 Å². The van der Waals surface area contributed by atoms with Gasteiger partial charge in [-0.3, -0.25) is 4.79 Å². The van der Waals surface area contributed by atoms with E-state index in [1.54, 1.807) is 7.11 Å². The highest BCUT2D eigenvalue weighted by Crippen LogP contribution is 2.51. The number of amides is 1. The van der Waals surface area contributed by atoms with Gasteiger partial charge in [-0.2, -0.15) is 0 Å². The van der Waals surface area contributed by atoms with E-state index in [1.165, 1.54) is 0 Å². The van der Waals surface area contributed by atoms with Crippen LogP contribution in [0.15, 0.2) is 24.4 Å². The third-order valence-corrected chi connectivity index (χ3v) is 6.92. The first-order valence-electron chi connectivity index (χ1n) is 8.10. The molecule has 1 saturated heterocycles. The minimum Gasteiger partial charge on any atom is -0.497 e. The molecule has 2 N–H and O–H groups in total. The maximum Gasteiger partial charge on any atom is 0.230 e. The molecule has 2 aromatic rings. The first-order valence-corrected chi connectivity index (χ1v) is 9.93. The van der Waals surface area contributed by atoms with E-state index >= 15 is 0 Å². The maximum absolute atomic E-state index is 12.8. The normalized spacial score (nSPS) is 24.0. The number of carbonyl (C=O) groups is 1. The molecule has 0 bridgehead atoms. The summed E-state index contributed by atoms with van der Waals surface area (Å²) >= 11 is 0. The van der Waals surface area contributed by atoms with Gasteiger partial charge in [-0.25, -0.2) is 8.42 Å². The summed E-state index contributed by atoms with van der Waals surface area (Å²) in [5.74, 6) is 0.904. The number of H-pyrrole nitrogens is 1. The molecule has 4 rings (SSSR count). The number of benzene rings is 1. The molecule has 1 aliphatic carbocycles. The second-order valence-electron chi connectivity index (χ2n) is 6.77. The van der Waals surface area contributed by atoms with E-state index in [0.717, 1.165) is 35.1 Å².